The summed E-state index contributed by atoms with van der Waals surface area (Å²) in [5.41, 5.74) is 0.612. The van der Waals surface area contributed by atoms with Gasteiger partial charge in [0, 0.05) is 12.6 Å². The number of hydrogen-bond donors (Lipinski definition) is 2. The molecule has 0 aliphatic carbocycles. The first-order chi connectivity index (χ1) is 7.08. The highest BCUT2D eigenvalue weighted by Crippen LogP contribution is 2.22. The number of rotatable bonds is 1. The third-order valence-corrected chi connectivity index (χ3v) is 2.46. The molecule has 2 N–H and O–H groups in total. The number of nitrogens with one attached hydrogen (secondary N) is 1. The van der Waals surface area contributed by atoms with Crippen LogP contribution in [0.2, 0.25) is 0 Å². The van der Waals surface area contributed by atoms with E-state index >= 15 is 0 Å². The third-order valence-electron chi connectivity index (χ3n) is 2.46. The Bertz CT molecular complexity index is 424. The van der Waals surface area contributed by atoms with Crippen molar-refractivity contribution in [3.63, 3.8) is 0 Å². The van der Waals surface area contributed by atoms with Gasteiger partial charge >= 0.3 is 6.09 Å². The van der Waals surface area contributed by atoms with E-state index in [1.54, 1.807) is 6.92 Å². The summed E-state index contributed by atoms with van der Waals surface area (Å²) in [4.78, 5) is 25.9. The molecule has 0 saturated carbocycles. The zero-order chi connectivity index (χ0) is 11.0. The van der Waals surface area contributed by atoms with Gasteiger partial charge in [0.1, 0.15) is 5.82 Å². The van der Waals surface area contributed by atoms with E-state index in [1.165, 1.54) is 6.20 Å². The molecule has 1 amide bonds. The maximum Gasteiger partial charge on any atom is 0.417 e. The van der Waals surface area contributed by atoms with Crippen molar-refractivity contribution in [3.8, 4) is 0 Å². The van der Waals surface area contributed by atoms with Gasteiger partial charge in [0.25, 0.3) is 0 Å². The predicted octanol–water partition coefficient (Wildman–Crippen LogP) is 0.669. The zero-order valence-corrected chi connectivity index (χ0v) is 8.23. The van der Waals surface area contributed by atoms with Crippen molar-refractivity contribution in [2.24, 2.45) is 0 Å². The number of nitrogens with zero attached hydrogens (tertiary/aromatic N) is 2. The zero-order valence-electron chi connectivity index (χ0n) is 8.23. The quantitative estimate of drug-likeness (QED) is 0.711. The monoisotopic (exact) mass is 209 g/mol. The highest BCUT2D eigenvalue weighted by atomic mass is 16.4. The van der Waals surface area contributed by atoms with Crippen LogP contribution in [0.4, 0.5) is 4.79 Å². The average molecular weight is 209 g/mol. The molecule has 1 aliphatic heterocycles. The minimum Gasteiger partial charge on any atom is -0.464 e. The lowest BCUT2D eigenvalue weighted by molar-refractivity contribution is -0.119. The summed E-state index contributed by atoms with van der Waals surface area (Å²) in [7, 11) is 0. The number of hydrogen-bond acceptors (Lipinski definition) is 3. The lowest BCUT2D eigenvalue weighted by Gasteiger charge is -2.04. The first kappa shape index (κ1) is 9.70. The maximum absolute atomic E-state index is 11.0. The fourth-order valence-corrected chi connectivity index (χ4v) is 1.69. The molecule has 2 heterocycles. The number of carbonyl (C=O) groups is 2. The van der Waals surface area contributed by atoms with Crippen molar-refractivity contribution in [3.05, 3.63) is 17.7 Å². The van der Waals surface area contributed by atoms with Gasteiger partial charge in [0.15, 0.2) is 0 Å². The van der Waals surface area contributed by atoms with Crippen LogP contribution in [0.1, 0.15) is 30.4 Å². The summed E-state index contributed by atoms with van der Waals surface area (Å²) in [5, 5.41) is 11.6. The van der Waals surface area contributed by atoms with Crippen LogP contribution < -0.4 is 5.32 Å². The molecule has 1 fully saturated rings. The Labute approximate surface area is 85.9 Å². The van der Waals surface area contributed by atoms with Crippen molar-refractivity contribution < 1.29 is 14.7 Å². The van der Waals surface area contributed by atoms with Gasteiger partial charge in [0.05, 0.1) is 11.7 Å². The van der Waals surface area contributed by atoms with Crippen molar-refractivity contribution in [2.45, 2.75) is 25.8 Å². The number of aromatic nitrogens is 2. The summed E-state index contributed by atoms with van der Waals surface area (Å²) in [6.45, 7) is 1.62. The highest BCUT2D eigenvalue weighted by molar-refractivity contribution is 5.78. The van der Waals surface area contributed by atoms with Crippen molar-refractivity contribution in [1.29, 1.82) is 0 Å². The van der Waals surface area contributed by atoms with Crippen LogP contribution in [0.5, 0.6) is 0 Å². The van der Waals surface area contributed by atoms with E-state index in [4.69, 9.17) is 5.11 Å². The standard InChI is InChI=1S/C9H11N3O3/c1-5-10-7(4-12(5)9(14)15)6-2-3-8(13)11-6/h4,6H,2-3H2,1H3,(H,11,13)(H,14,15). The Morgan fingerprint density at radius 3 is 2.93 bits per heavy atom. The van der Waals surface area contributed by atoms with Crippen molar-refractivity contribution in [2.75, 3.05) is 0 Å². The van der Waals surface area contributed by atoms with Crippen molar-refractivity contribution in [1.82, 2.24) is 14.9 Å². The van der Waals surface area contributed by atoms with Gasteiger partial charge in [-0.25, -0.2) is 14.3 Å². The molecule has 0 bridgehead atoms. The normalized spacial score (nSPS) is 20.3. The van der Waals surface area contributed by atoms with Crippen LogP contribution in [-0.4, -0.2) is 26.7 Å². The fourth-order valence-electron chi connectivity index (χ4n) is 1.69. The van der Waals surface area contributed by atoms with Gasteiger partial charge in [-0.1, -0.05) is 0 Å². The topological polar surface area (TPSA) is 84.2 Å². The van der Waals surface area contributed by atoms with Crippen LogP contribution in [0.3, 0.4) is 0 Å². The van der Waals surface area contributed by atoms with Gasteiger partial charge in [0.2, 0.25) is 5.91 Å². The molecule has 0 aromatic carbocycles. The lowest BCUT2D eigenvalue weighted by atomic mass is 10.2. The molecular formula is C9H11N3O3. The minimum atomic E-state index is -1.06. The Balaban J connectivity index is 2.26. The second-order valence-electron chi connectivity index (χ2n) is 3.52. The number of imidazole rings is 1. The van der Waals surface area contributed by atoms with Gasteiger partial charge in [-0.05, 0) is 13.3 Å². The summed E-state index contributed by atoms with van der Waals surface area (Å²) in [6.07, 6.45) is 1.54. The molecule has 1 saturated heterocycles. The first-order valence-corrected chi connectivity index (χ1v) is 4.66. The van der Waals surface area contributed by atoms with Gasteiger partial charge < -0.3 is 10.4 Å². The molecule has 0 radical (unpaired) electrons. The molecule has 80 valence electrons. The molecule has 1 aliphatic rings. The molecule has 1 atom stereocenters. The Morgan fingerprint density at radius 2 is 2.47 bits per heavy atom. The van der Waals surface area contributed by atoms with E-state index in [0.29, 0.717) is 24.4 Å². The molecule has 2 rings (SSSR count). The van der Waals surface area contributed by atoms with Crippen LogP contribution in [0, 0.1) is 6.92 Å². The lowest BCUT2D eigenvalue weighted by Crippen LogP contribution is -2.18. The van der Waals surface area contributed by atoms with Gasteiger partial charge in [-0.2, -0.15) is 0 Å². The first-order valence-electron chi connectivity index (χ1n) is 4.66. The Morgan fingerprint density at radius 1 is 1.73 bits per heavy atom. The van der Waals surface area contributed by atoms with Crippen LogP contribution >= 0.6 is 0 Å². The van der Waals surface area contributed by atoms with E-state index in [-0.39, 0.29) is 11.9 Å². The molecule has 1 aromatic rings. The fraction of sp³-hybridized carbons (Fsp3) is 0.444. The molecule has 6 nitrogen and oxygen atoms in total. The van der Waals surface area contributed by atoms with Gasteiger partial charge in [-0.15, -0.1) is 0 Å². The summed E-state index contributed by atoms with van der Waals surface area (Å²) < 4.78 is 1.06. The van der Waals surface area contributed by atoms with E-state index in [0.717, 1.165) is 4.57 Å². The molecule has 0 spiro atoms. The van der Waals surface area contributed by atoms with E-state index in [1.807, 2.05) is 0 Å². The molecule has 6 heteroatoms. The maximum atomic E-state index is 11.0. The molecular weight excluding hydrogens is 198 g/mol. The summed E-state index contributed by atoms with van der Waals surface area (Å²) in [5.74, 6) is 0.404. The van der Waals surface area contributed by atoms with E-state index < -0.39 is 6.09 Å². The number of amides is 1. The SMILES string of the molecule is Cc1nc(C2CCC(=O)N2)cn1C(=O)O. The second kappa shape index (κ2) is 3.38. The van der Waals surface area contributed by atoms with Crippen LogP contribution in [0.25, 0.3) is 0 Å². The minimum absolute atomic E-state index is 0.0115. The molecule has 1 unspecified atom stereocenters. The third kappa shape index (κ3) is 1.70. The largest absolute Gasteiger partial charge is 0.464 e. The van der Waals surface area contributed by atoms with Gasteiger partial charge in [-0.3, -0.25) is 4.79 Å². The smallest absolute Gasteiger partial charge is 0.417 e. The Kier molecular flexibility index (Phi) is 2.18. The second-order valence-corrected chi connectivity index (χ2v) is 3.52. The van der Waals surface area contributed by atoms with Crippen molar-refractivity contribution >= 4 is 12.0 Å². The molecule has 15 heavy (non-hydrogen) atoms. The van der Waals surface area contributed by atoms with Crippen LogP contribution in [0.15, 0.2) is 6.20 Å². The highest BCUT2D eigenvalue weighted by Gasteiger charge is 2.25. The predicted molar refractivity (Wildman–Crippen MR) is 50.5 cm³/mol. The average Bonchev–Trinajstić information content (AvgIpc) is 2.71. The number of carboxylic acid groups (broad SMARTS) is 1. The summed E-state index contributed by atoms with van der Waals surface area (Å²) in [6, 6.07) is -0.142. The molecule has 1 aromatic heterocycles. The van der Waals surface area contributed by atoms with E-state index in [9.17, 15) is 9.59 Å². The van der Waals surface area contributed by atoms with Crippen LogP contribution in [-0.2, 0) is 4.79 Å². The number of carbonyl (C=O) groups excluding carboxylic acids is 1. The van der Waals surface area contributed by atoms with E-state index in [2.05, 4.69) is 10.3 Å². The Hall–Kier alpha value is -1.85. The number of aryl methyl sites for hydroxylation is 1. The summed E-state index contributed by atoms with van der Waals surface area (Å²) >= 11 is 0.